The summed E-state index contributed by atoms with van der Waals surface area (Å²) in [4.78, 5) is 10.3. The molecule has 0 bridgehead atoms. The molecule has 3 nitrogen and oxygen atoms in total. The molecule has 30 heavy (non-hydrogen) atoms. The zero-order valence-electron chi connectivity index (χ0n) is 18.2. The van der Waals surface area contributed by atoms with E-state index >= 15 is 0 Å². The Balaban J connectivity index is 0.000000199. The average Bonchev–Trinajstić information content (AvgIpc) is 2.78. The summed E-state index contributed by atoms with van der Waals surface area (Å²) >= 11 is 1.91. The second kappa shape index (κ2) is 12.7. The van der Waals surface area contributed by atoms with Crippen LogP contribution in [-0.4, -0.2) is 30.8 Å². The van der Waals surface area contributed by atoms with Crippen molar-refractivity contribution in [2.45, 2.75) is 108 Å². The standard InChI is InChI=1S/C7H5BrO3.3C6H11.Sn/c8-4-1-2-6(9)5(3-4)7(10)11;3*1-2-4-6-5-3-1;/h1-3,9H,(H,10,11);3*1H,2-6H2;/q;;;;+1/p-1. The normalized spacial score (nSPS) is 21.5. The van der Waals surface area contributed by atoms with Gasteiger partial charge in [-0.15, -0.1) is 0 Å². The van der Waals surface area contributed by atoms with E-state index in [4.69, 9.17) is 5.11 Å². The van der Waals surface area contributed by atoms with Crippen LogP contribution >= 0.6 is 15.9 Å². The molecule has 1 N–H and O–H groups in total. The van der Waals surface area contributed by atoms with Crippen LogP contribution in [0.25, 0.3) is 0 Å². The van der Waals surface area contributed by atoms with E-state index in [2.05, 4.69) is 15.9 Å². The fourth-order valence-corrected chi connectivity index (χ4v) is 21.3. The number of rotatable bonds is 4. The van der Waals surface area contributed by atoms with Crippen molar-refractivity contribution in [2.75, 3.05) is 0 Å². The second-order valence-electron chi connectivity index (χ2n) is 9.45. The van der Waals surface area contributed by atoms with Crippen molar-refractivity contribution in [3.8, 4) is 5.75 Å². The predicted octanol–water partition coefficient (Wildman–Crippen LogP) is 7.00. The van der Waals surface area contributed by atoms with Gasteiger partial charge in [0.25, 0.3) is 0 Å². The average molecular weight is 584 g/mol. The van der Waals surface area contributed by atoms with Crippen LogP contribution in [0.2, 0.25) is 11.8 Å². The molecule has 3 fully saturated rings. The van der Waals surface area contributed by atoms with Gasteiger partial charge in [0.2, 0.25) is 0 Å². The minimum atomic E-state index is -1.39. The number of carbonyl (C=O) groups is 1. The summed E-state index contributed by atoms with van der Waals surface area (Å²) in [6.45, 7) is 0. The number of aromatic hydroxyl groups is 1. The summed E-state index contributed by atoms with van der Waals surface area (Å²) < 4.78 is 4.56. The third kappa shape index (κ3) is 7.15. The molecular weight excluding hydrogens is 547 g/mol. The van der Waals surface area contributed by atoms with Crippen LogP contribution in [0.15, 0.2) is 22.7 Å². The molecule has 4 rings (SSSR count). The van der Waals surface area contributed by atoms with Crippen molar-refractivity contribution in [3.63, 3.8) is 0 Å². The van der Waals surface area contributed by atoms with Gasteiger partial charge in [0.15, 0.2) is 0 Å². The molecule has 0 atom stereocenters. The molecule has 1 aromatic carbocycles. The molecule has 0 radical (unpaired) electrons. The third-order valence-electron chi connectivity index (χ3n) is 7.41. The molecule has 3 aliphatic rings. The number of carboxylic acid groups (broad SMARTS) is 1. The molecule has 0 unspecified atom stereocenters. The van der Waals surface area contributed by atoms with Gasteiger partial charge in [-0.1, -0.05) is 15.9 Å². The monoisotopic (exact) mass is 584 g/mol. The topological polar surface area (TPSA) is 60.4 Å². The molecule has 0 amide bonds. The fourth-order valence-electron chi connectivity index (χ4n) is 5.98. The molecule has 3 aliphatic carbocycles. The molecule has 0 aliphatic heterocycles. The molecule has 166 valence electrons. The number of hydrogen-bond donors (Lipinski definition) is 1. The molecule has 5 heteroatoms. The van der Waals surface area contributed by atoms with Crippen molar-refractivity contribution >= 4 is 41.7 Å². The van der Waals surface area contributed by atoms with E-state index in [1.807, 2.05) is 0 Å². The van der Waals surface area contributed by atoms with Crippen LogP contribution in [-0.2, 0) is 0 Å². The Hall–Kier alpha value is -0.231. The van der Waals surface area contributed by atoms with Crippen LogP contribution < -0.4 is 5.11 Å². The summed E-state index contributed by atoms with van der Waals surface area (Å²) in [5, 5.41) is 19.2. The molecular formula is C25H37BrO3Sn. The fraction of sp³-hybridized carbons (Fsp3) is 0.720. The zero-order chi connectivity index (χ0) is 21.3. The van der Waals surface area contributed by atoms with Gasteiger partial charge in [-0.3, -0.25) is 0 Å². The van der Waals surface area contributed by atoms with Gasteiger partial charge in [0.1, 0.15) is 5.75 Å². The van der Waals surface area contributed by atoms with Gasteiger partial charge in [-0.2, -0.15) is 0 Å². The van der Waals surface area contributed by atoms with Crippen LogP contribution in [0.1, 0.15) is 107 Å². The van der Waals surface area contributed by atoms with Crippen LogP contribution in [0.4, 0.5) is 0 Å². The minimum Gasteiger partial charge on any atom is -0.545 e. The predicted molar refractivity (Wildman–Crippen MR) is 126 cm³/mol. The van der Waals surface area contributed by atoms with E-state index < -0.39 is 25.7 Å². The van der Waals surface area contributed by atoms with E-state index in [1.54, 1.807) is 102 Å². The number of halogens is 1. The third-order valence-corrected chi connectivity index (χ3v) is 20.9. The van der Waals surface area contributed by atoms with Crippen LogP contribution in [0.5, 0.6) is 5.75 Å². The SMILES string of the molecule is C1CC[CH]([Sn+]([CH]2CCCCC2)[CH]2CCCCC2)CC1.O=C([O-])c1cc(Br)ccc1O. The summed E-state index contributed by atoms with van der Waals surface area (Å²) in [6.07, 6.45) is 24.2. The Morgan fingerprint density at radius 1 is 0.800 bits per heavy atom. The first-order chi connectivity index (χ1) is 14.6. The van der Waals surface area contributed by atoms with E-state index in [0.717, 1.165) is 0 Å². The molecule has 3 saturated carbocycles. The first-order valence-electron chi connectivity index (χ1n) is 12.1. The maximum Gasteiger partial charge on any atom is 0.124 e. The van der Waals surface area contributed by atoms with Crippen LogP contribution in [0, 0.1) is 0 Å². The van der Waals surface area contributed by atoms with E-state index in [-0.39, 0.29) is 11.3 Å². The number of benzene rings is 1. The number of hydrogen-bond acceptors (Lipinski definition) is 3. The smallest absolute Gasteiger partial charge is 0.124 e. The van der Waals surface area contributed by atoms with Crippen molar-refractivity contribution in [2.24, 2.45) is 0 Å². The maximum atomic E-state index is 10.3. The van der Waals surface area contributed by atoms with Gasteiger partial charge in [0, 0.05) is 10.0 Å². The van der Waals surface area contributed by atoms with Gasteiger partial charge >= 0.3 is 128 Å². The van der Waals surface area contributed by atoms with Crippen LogP contribution in [0.3, 0.4) is 0 Å². The van der Waals surface area contributed by atoms with Gasteiger partial charge in [-0.25, -0.2) is 0 Å². The summed E-state index contributed by atoms with van der Waals surface area (Å²) in [5.74, 6) is -1.67. The van der Waals surface area contributed by atoms with E-state index in [0.29, 0.717) is 4.47 Å². The quantitative estimate of drug-likeness (QED) is 0.388. The Bertz CT molecular complexity index is 620. The van der Waals surface area contributed by atoms with Gasteiger partial charge in [0.05, 0.1) is 5.97 Å². The minimum absolute atomic E-state index is 0.209. The summed E-state index contributed by atoms with van der Waals surface area (Å²) in [6, 6.07) is 4.11. The summed E-state index contributed by atoms with van der Waals surface area (Å²) in [7, 11) is 0. The number of phenols is 1. The van der Waals surface area contributed by atoms with Gasteiger partial charge < -0.3 is 15.0 Å². The molecule has 0 aromatic heterocycles. The van der Waals surface area contributed by atoms with Crippen molar-refractivity contribution < 1.29 is 15.0 Å². The Labute approximate surface area is 197 Å². The largest absolute Gasteiger partial charge is 0.545 e. The van der Waals surface area contributed by atoms with Crippen molar-refractivity contribution in [3.05, 3.63) is 28.2 Å². The number of aromatic carboxylic acids is 1. The van der Waals surface area contributed by atoms with E-state index in [9.17, 15) is 9.90 Å². The molecule has 1 aromatic rings. The Kier molecular flexibility index (Phi) is 10.3. The van der Waals surface area contributed by atoms with E-state index in [1.165, 1.54) is 23.9 Å². The number of carbonyl (C=O) groups excluding carboxylic acids is 1. The maximum absolute atomic E-state index is 10.3. The summed E-state index contributed by atoms with van der Waals surface area (Å²) in [5.41, 5.74) is -0.209. The first-order valence-corrected chi connectivity index (χ1v) is 17.9. The van der Waals surface area contributed by atoms with Gasteiger partial charge in [-0.05, 0) is 18.2 Å². The molecule has 0 spiro atoms. The van der Waals surface area contributed by atoms with Crippen molar-refractivity contribution in [1.82, 2.24) is 0 Å². The Morgan fingerprint density at radius 2 is 1.20 bits per heavy atom. The number of carboxylic acids is 1. The van der Waals surface area contributed by atoms with Crippen molar-refractivity contribution in [1.29, 1.82) is 0 Å². The Morgan fingerprint density at radius 3 is 1.53 bits per heavy atom. The molecule has 0 saturated heterocycles. The zero-order valence-corrected chi connectivity index (χ0v) is 22.7. The second-order valence-corrected chi connectivity index (χ2v) is 20.2. The molecule has 0 heterocycles. The first kappa shape index (κ1) is 24.4.